The number of methoxy groups -OCH3 is 1. The van der Waals surface area contributed by atoms with E-state index < -0.39 is 6.09 Å². The number of rotatable bonds is 9. The molecule has 0 rings (SSSR count). The van der Waals surface area contributed by atoms with Crippen LogP contribution in [0.15, 0.2) is 0 Å². The lowest BCUT2D eigenvalue weighted by molar-refractivity contribution is -0.121. The highest BCUT2D eigenvalue weighted by atomic mass is 16.5. The zero-order valence-corrected chi connectivity index (χ0v) is 11.5. The van der Waals surface area contributed by atoms with E-state index in [9.17, 15) is 9.59 Å². The van der Waals surface area contributed by atoms with Gasteiger partial charge in [0, 0.05) is 33.2 Å². The van der Waals surface area contributed by atoms with Crippen LogP contribution in [0.3, 0.4) is 0 Å². The van der Waals surface area contributed by atoms with Gasteiger partial charge in [0.25, 0.3) is 0 Å². The predicted octanol–water partition coefficient (Wildman–Crippen LogP) is 0.911. The molecule has 0 aliphatic carbocycles. The SMILES string of the molecule is COCCCNC(=O)CCNC(=O)OCC(C)C. The third kappa shape index (κ3) is 11.2. The minimum absolute atomic E-state index is 0.0877. The van der Waals surface area contributed by atoms with Gasteiger partial charge in [0.15, 0.2) is 0 Å². The fourth-order valence-electron chi connectivity index (χ4n) is 1.10. The van der Waals surface area contributed by atoms with Crippen LogP contribution >= 0.6 is 0 Å². The number of carbonyl (C=O) groups is 2. The molecule has 0 spiro atoms. The van der Waals surface area contributed by atoms with Crippen LogP contribution in [0.2, 0.25) is 0 Å². The van der Waals surface area contributed by atoms with Crippen molar-refractivity contribution in [1.82, 2.24) is 10.6 Å². The summed E-state index contributed by atoms with van der Waals surface area (Å²) in [6.07, 6.45) is 0.562. The van der Waals surface area contributed by atoms with Crippen molar-refractivity contribution < 1.29 is 19.1 Å². The number of carbonyl (C=O) groups excluding carboxylic acids is 2. The Bertz CT molecular complexity index is 244. The third-order valence-corrected chi connectivity index (χ3v) is 2.02. The number of amides is 2. The molecule has 6 heteroatoms. The van der Waals surface area contributed by atoms with Gasteiger partial charge in [-0.25, -0.2) is 4.79 Å². The van der Waals surface area contributed by atoms with Crippen molar-refractivity contribution in [3.8, 4) is 0 Å². The van der Waals surface area contributed by atoms with Crippen LogP contribution in [0.4, 0.5) is 4.79 Å². The van der Waals surface area contributed by atoms with Gasteiger partial charge in [-0.15, -0.1) is 0 Å². The van der Waals surface area contributed by atoms with Crippen LogP contribution in [0, 0.1) is 5.92 Å². The number of hydrogen-bond donors (Lipinski definition) is 2. The van der Waals surface area contributed by atoms with E-state index in [2.05, 4.69) is 10.6 Å². The summed E-state index contributed by atoms with van der Waals surface area (Å²) in [6, 6.07) is 0. The second-order valence-electron chi connectivity index (χ2n) is 4.37. The second-order valence-corrected chi connectivity index (χ2v) is 4.37. The Kier molecular flexibility index (Phi) is 10.0. The highest BCUT2D eigenvalue weighted by molar-refractivity contribution is 5.76. The molecular weight excluding hydrogens is 236 g/mol. The lowest BCUT2D eigenvalue weighted by Crippen LogP contribution is -2.32. The Balaban J connectivity index is 3.41. The topological polar surface area (TPSA) is 76.7 Å². The normalized spacial score (nSPS) is 10.2. The predicted molar refractivity (Wildman–Crippen MR) is 68.3 cm³/mol. The van der Waals surface area contributed by atoms with Gasteiger partial charge in [-0.2, -0.15) is 0 Å². The molecule has 0 aromatic carbocycles. The van der Waals surface area contributed by atoms with E-state index in [0.29, 0.717) is 25.7 Å². The highest BCUT2D eigenvalue weighted by Crippen LogP contribution is 1.92. The molecule has 0 atom stereocenters. The van der Waals surface area contributed by atoms with Gasteiger partial charge in [-0.3, -0.25) is 4.79 Å². The van der Waals surface area contributed by atoms with Crippen LogP contribution in [-0.2, 0) is 14.3 Å². The molecule has 0 aromatic heterocycles. The van der Waals surface area contributed by atoms with Gasteiger partial charge >= 0.3 is 6.09 Å². The second kappa shape index (κ2) is 10.8. The van der Waals surface area contributed by atoms with Crippen LogP contribution in [0.1, 0.15) is 26.7 Å². The molecule has 0 bridgehead atoms. The largest absolute Gasteiger partial charge is 0.449 e. The number of hydrogen-bond acceptors (Lipinski definition) is 4. The first-order valence-corrected chi connectivity index (χ1v) is 6.22. The Hall–Kier alpha value is -1.30. The van der Waals surface area contributed by atoms with Crippen molar-refractivity contribution in [1.29, 1.82) is 0 Å². The molecule has 0 fully saturated rings. The zero-order chi connectivity index (χ0) is 13.8. The van der Waals surface area contributed by atoms with E-state index in [1.54, 1.807) is 7.11 Å². The van der Waals surface area contributed by atoms with Crippen molar-refractivity contribution in [3.05, 3.63) is 0 Å². The Morgan fingerprint density at radius 3 is 2.50 bits per heavy atom. The van der Waals surface area contributed by atoms with Crippen molar-refractivity contribution in [2.45, 2.75) is 26.7 Å². The summed E-state index contributed by atoms with van der Waals surface area (Å²) in [6.45, 7) is 5.80. The Labute approximate surface area is 108 Å². The minimum Gasteiger partial charge on any atom is -0.449 e. The molecule has 2 amide bonds. The zero-order valence-electron chi connectivity index (χ0n) is 11.5. The van der Waals surface area contributed by atoms with Gasteiger partial charge in [0.2, 0.25) is 5.91 Å². The molecule has 2 N–H and O–H groups in total. The van der Waals surface area contributed by atoms with Crippen LogP contribution in [0.5, 0.6) is 0 Å². The number of ether oxygens (including phenoxy) is 2. The summed E-state index contributed by atoms with van der Waals surface area (Å²) in [5.74, 6) is 0.218. The van der Waals surface area contributed by atoms with E-state index in [4.69, 9.17) is 9.47 Å². The van der Waals surface area contributed by atoms with Crippen molar-refractivity contribution in [2.75, 3.05) is 33.4 Å². The molecular formula is C12H24N2O4. The molecule has 0 heterocycles. The number of nitrogens with one attached hydrogen (secondary N) is 2. The van der Waals surface area contributed by atoms with Crippen LogP contribution in [0.25, 0.3) is 0 Å². The maximum absolute atomic E-state index is 11.3. The average molecular weight is 260 g/mol. The monoisotopic (exact) mass is 260 g/mol. The standard InChI is InChI=1S/C12H24N2O4/c1-10(2)9-18-12(16)14-7-5-11(15)13-6-4-8-17-3/h10H,4-9H2,1-3H3,(H,13,15)(H,14,16). The van der Waals surface area contributed by atoms with Crippen molar-refractivity contribution in [3.63, 3.8) is 0 Å². The van der Waals surface area contributed by atoms with Crippen molar-refractivity contribution >= 4 is 12.0 Å². The molecule has 0 saturated carbocycles. The van der Waals surface area contributed by atoms with Crippen LogP contribution < -0.4 is 10.6 Å². The maximum Gasteiger partial charge on any atom is 0.407 e. The average Bonchev–Trinajstić information content (AvgIpc) is 2.32. The molecule has 0 aliphatic heterocycles. The first-order valence-electron chi connectivity index (χ1n) is 6.22. The van der Waals surface area contributed by atoms with Crippen LogP contribution in [-0.4, -0.2) is 45.4 Å². The van der Waals surface area contributed by atoms with E-state index in [1.807, 2.05) is 13.8 Å². The summed E-state index contributed by atoms with van der Waals surface area (Å²) in [7, 11) is 1.62. The molecule has 0 aromatic rings. The van der Waals surface area contributed by atoms with E-state index >= 15 is 0 Å². The third-order valence-electron chi connectivity index (χ3n) is 2.02. The van der Waals surface area contributed by atoms with E-state index in [0.717, 1.165) is 6.42 Å². The minimum atomic E-state index is -0.476. The Morgan fingerprint density at radius 1 is 1.17 bits per heavy atom. The van der Waals surface area contributed by atoms with Gasteiger partial charge in [-0.1, -0.05) is 13.8 Å². The van der Waals surface area contributed by atoms with Gasteiger partial charge in [-0.05, 0) is 12.3 Å². The maximum atomic E-state index is 11.3. The van der Waals surface area contributed by atoms with E-state index in [1.165, 1.54) is 0 Å². The first-order chi connectivity index (χ1) is 8.56. The molecule has 0 saturated heterocycles. The summed E-state index contributed by atoms with van der Waals surface area (Å²) in [4.78, 5) is 22.5. The smallest absolute Gasteiger partial charge is 0.407 e. The summed E-state index contributed by atoms with van der Waals surface area (Å²) < 4.78 is 9.76. The molecule has 0 aliphatic rings. The fraction of sp³-hybridized carbons (Fsp3) is 0.833. The highest BCUT2D eigenvalue weighted by Gasteiger charge is 2.05. The van der Waals surface area contributed by atoms with Crippen molar-refractivity contribution in [2.24, 2.45) is 5.92 Å². The first kappa shape index (κ1) is 16.7. The summed E-state index contributed by atoms with van der Waals surface area (Å²) >= 11 is 0. The molecule has 106 valence electrons. The van der Waals surface area contributed by atoms with Gasteiger partial charge < -0.3 is 20.1 Å². The lowest BCUT2D eigenvalue weighted by Gasteiger charge is -2.09. The Morgan fingerprint density at radius 2 is 1.89 bits per heavy atom. The molecule has 0 radical (unpaired) electrons. The molecule has 6 nitrogen and oxygen atoms in total. The number of alkyl carbamates (subject to hydrolysis) is 1. The summed E-state index contributed by atoms with van der Waals surface area (Å²) in [5.41, 5.74) is 0. The molecule has 0 unspecified atom stereocenters. The molecule has 18 heavy (non-hydrogen) atoms. The fourth-order valence-corrected chi connectivity index (χ4v) is 1.10. The van der Waals surface area contributed by atoms with Gasteiger partial charge in [0.1, 0.15) is 0 Å². The van der Waals surface area contributed by atoms with E-state index in [-0.39, 0.29) is 18.9 Å². The summed E-state index contributed by atoms with van der Waals surface area (Å²) in [5, 5.41) is 5.25. The quantitative estimate of drug-likeness (QED) is 0.604. The van der Waals surface area contributed by atoms with Gasteiger partial charge in [0.05, 0.1) is 6.61 Å². The lowest BCUT2D eigenvalue weighted by atomic mass is 10.2.